The number of halogens is 4. The number of carbonyl (C=O) groups is 1. The Morgan fingerprint density at radius 3 is 2.76 bits per heavy atom. The van der Waals surface area contributed by atoms with Gasteiger partial charge in [0.1, 0.15) is 5.82 Å². The van der Waals surface area contributed by atoms with Crippen LogP contribution in [0.4, 0.5) is 18.9 Å². The monoisotopic (exact) mass is 390 g/mol. The van der Waals surface area contributed by atoms with Crippen LogP contribution in [0.2, 0.25) is 5.02 Å². The fourth-order valence-corrected chi connectivity index (χ4v) is 3.15. The lowest BCUT2D eigenvalue weighted by Crippen LogP contribution is -2.16. The van der Waals surface area contributed by atoms with Gasteiger partial charge in [0.05, 0.1) is 22.0 Å². The van der Waals surface area contributed by atoms with Crippen LogP contribution in [-0.4, -0.2) is 26.4 Å². The lowest BCUT2D eigenvalue weighted by molar-refractivity contribution is -0.137. The first-order chi connectivity index (χ1) is 11.8. The zero-order chi connectivity index (χ0) is 18.2. The van der Waals surface area contributed by atoms with Gasteiger partial charge in [-0.2, -0.15) is 13.2 Å². The van der Waals surface area contributed by atoms with E-state index in [-0.39, 0.29) is 16.5 Å². The molecule has 0 spiro atoms. The van der Waals surface area contributed by atoms with E-state index in [0.29, 0.717) is 11.1 Å². The van der Waals surface area contributed by atoms with Gasteiger partial charge in [-0.05, 0) is 31.0 Å². The summed E-state index contributed by atoms with van der Waals surface area (Å²) in [5.74, 6) is 0.846. The first-order valence-corrected chi connectivity index (χ1v) is 8.80. The van der Waals surface area contributed by atoms with E-state index < -0.39 is 17.6 Å². The molecule has 1 saturated carbocycles. The van der Waals surface area contributed by atoms with Gasteiger partial charge in [0.2, 0.25) is 5.91 Å². The summed E-state index contributed by atoms with van der Waals surface area (Å²) in [5.41, 5.74) is -0.944. The predicted molar refractivity (Wildman–Crippen MR) is 88.8 cm³/mol. The average Bonchev–Trinajstić information content (AvgIpc) is 3.30. The Morgan fingerprint density at radius 2 is 2.12 bits per heavy atom. The maximum absolute atomic E-state index is 12.7. The molecule has 0 unspecified atom stereocenters. The molecule has 5 nitrogen and oxygen atoms in total. The van der Waals surface area contributed by atoms with Crippen LogP contribution in [0.5, 0.6) is 0 Å². The SMILES string of the molecule is Cn1c(SCC(=O)Nc2cc(C(F)(F)F)ccc2Cl)nnc1C1CC1. The van der Waals surface area contributed by atoms with Crippen molar-refractivity contribution < 1.29 is 18.0 Å². The highest BCUT2D eigenvalue weighted by atomic mass is 35.5. The molecule has 0 bridgehead atoms. The van der Waals surface area contributed by atoms with Gasteiger partial charge >= 0.3 is 6.18 Å². The Morgan fingerprint density at radius 1 is 1.40 bits per heavy atom. The molecule has 1 aromatic carbocycles. The topological polar surface area (TPSA) is 59.8 Å². The highest BCUT2D eigenvalue weighted by molar-refractivity contribution is 7.99. The molecule has 1 aromatic heterocycles. The number of nitrogens with one attached hydrogen (secondary N) is 1. The molecule has 1 aliphatic rings. The van der Waals surface area contributed by atoms with Crippen LogP contribution in [0.15, 0.2) is 23.4 Å². The van der Waals surface area contributed by atoms with Crippen LogP contribution >= 0.6 is 23.4 Å². The third kappa shape index (κ3) is 4.27. The minimum absolute atomic E-state index is 0.0107. The van der Waals surface area contributed by atoms with E-state index >= 15 is 0 Å². The maximum Gasteiger partial charge on any atom is 0.416 e. The van der Waals surface area contributed by atoms with Gasteiger partial charge in [-0.3, -0.25) is 4.79 Å². The van der Waals surface area contributed by atoms with Crippen LogP contribution in [-0.2, 0) is 18.0 Å². The Labute approximate surface area is 150 Å². The quantitative estimate of drug-likeness (QED) is 0.781. The molecule has 0 radical (unpaired) electrons. The highest BCUT2D eigenvalue weighted by Crippen LogP contribution is 2.39. The second-order valence-corrected chi connectivity index (χ2v) is 7.05. The molecule has 3 rings (SSSR count). The fourth-order valence-electron chi connectivity index (χ4n) is 2.26. The summed E-state index contributed by atoms with van der Waals surface area (Å²) >= 11 is 7.03. The van der Waals surface area contributed by atoms with Crippen molar-refractivity contribution in [2.45, 2.75) is 30.1 Å². The molecule has 2 aromatic rings. The van der Waals surface area contributed by atoms with Crippen molar-refractivity contribution in [3.63, 3.8) is 0 Å². The van der Waals surface area contributed by atoms with Crippen molar-refractivity contribution in [3.05, 3.63) is 34.6 Å². The Hall–Kier alpha value is -1.74. The molecule has 1 heterocycles. The van der Waals surface area contributed by atoms with Crippen molar-refractivity contribution in [2.24, 2.45) is 7.05 Å². The maximum atomic E-state index is 12.7. The third-order valence-electron chi connectivity index (χ3n) is 3.71. The summed E-state index contributed by atoms with van der Waals surface area (Å²) in [6.45, 7) is 0. The van der Waals surface area contributed by atoms with Gasteiger partial charge < -0.3 is 9.88 Å². The minimum Gasteiger partial charge on any atom is -0.324 e. The summed E-state index contributed by atoms with van der Waals surface area (Å²) in [6.07, 6.45) is -2.33. The first kappa shape index (κ1) is 18.1. The number of thioether (sulfide) groups is 1. The summed E-state index contributed by atoms with van der Waals surface area (Å²) in [7, 11) is 1.83. The molecule has 0 atom stereocenters. The van der Waals surface area contributed by atoms with E-state index in [2.05, 4.69) is 15.5 Å². The fraction of sp³-hybridized carbons (Fsp3) is 0.400. The molecule has 1 fully saturated rings. The summed E-state index contributed by atoms with van der Waals surface area (Å²) < 4.78 is 40.1. The van der Waals surface area contributed by atoms with Crippen LogP contribution < -0.4 is 5.32 Å². The van der Waals surface area contributed by atoms with Gasteiger partial charge in [0.15, 0.2) is 5.16 Å². The molecule has 25 heavy (non-hydrogen) atoms. The molecule has 1 aliphatic carbocycles. The first-order valence-electron chi connectivity index (χ1n) is 7.44. The van der Waals surface area contributed by atoms with Gasteiger partial charge in [0, 0.05) is 13.0 Å². The number of hydrogen-bond donors (Lipinski definition) is 1. The molecule has 1 amide bonds. The molecule has 134 valence electrons. The van der Waals surface area contributed by atoms with E-state index in [4.69, 9.17) is 11.6 Å². The minimum atomic E-state index is -4.50. The number of anilines is 1. The molecule has 0 saturated heterocycles. The number of carbonyl (C=O) groups excluding carboxylic acids is 1. The number of rotatable bonds is 5. The smallest absolute Gasteiger partial charge is 0.324 e. The Bertz CT molecular complexity index is 805. The van der Waals surface area contributed by atoms with Crippen molar-refractivity contribution in [3.8, 4) is 0 Å². The van der Waals surface area contributed by atoms with Crippen LogP contribution in [0, 0.1) is 0 Å². The van der Waals surface area contributed by atoms with Crippen molar-refractivity contribution in [2.75, 3.05) is 11.1 Å². The number of aromatic nitrogens is 3. The number of hydrogen-bond acceptors (Lipinski definition) is 4. The predicted octanol–water partition coefficient (Wildman–Crippen LogP) is 4.10. The molecular weight excluding hydrogens is 377 g/mol. The number of alkyl halides is 3. The van der Waals surface area contributed by atoms with E-state index in [1.807, 2.05) is 11.6 Å². The third-order valence-corrected chi connectivity index (χ3v) is 5.06. The lowest BCUT2D eigenvalue weighted by Gasteiger charge is -2.11. The van der Waals surface area contributed by atoms with Gasteiger partial charge in [0.25, 0.3) is 0 Å². The summed E-state index contributed by atoms with van der Waals surface area (Å²) in [5, 5.41) is 11.2. The van der Waals surface area contributed by atoms with E-state index in [1.54, 1.807) is 0 Å². The summed E-state index contributed by atoms with van der Waals surface area (Å²) in [6, 6.07) is 2.79. The number of nitrogens with zero attached hydrogens (tertiary/aromatic N) is 3. The van der Waals surface area contributed by atoms with E-state index in [1.165, 1.54) is 11.8 Å². The van der Waals surface area contributed by atoms with Gasteiger partial charge in [-0.15, -0.1) is 10.2 Å². The second kappa shape index (κ2) is 6.87. The highest BCUT2D eigenvalue weighted by Gasteiger charge is 2.31. The standard InChI is InChI=1S/C15H14ClF3N4OS/c1-23-13(8-2-3-8)21-22-14(23)25-7-12(24)20-11-6-9(15(17,18)19)4-5-10(11)16/h4-6,8H,2-3,7H2,1H3,(H,20,24). The number of amides is 1. The van der Waals surface area contributed by atoms with Crippen LogP contribution in [0.3, 0.4) is 0 Å². The zero-order valence-electron chi connectivity index (χ0n) is 13.1. The second-order valence-electron chi connectivity index (χ2n) is 5.70. The van der Waals surface area contributed by atoms with Crippen molar-refractivity contribution in [1.29, 1.82) is 0 Å². The molecular formula is C15H14ClF3N4OS. The molecule has 1 N–H and O–H groups in total. The van der Waals surface area contributed by atoms with Crippen LogP contribution in [0.1, 0.15) is 30.1 Å². The molecule has 10 heteroatoms. The summed E-state index contributed by atoms with van der Waals surface area (Å²) in [4.78, 5) is 12.0. The van der Waals surface area contributed by atoms with Crippen molar-refractivity contribution >= 4 is 35.0 Å². The Kier molecular flexibility index (Phi) is 4.97. The van der Waals surface area contributed by atoms with Crippen LogP contribution in [0.25, 0.3) is 0 Å². The van der Waals surface area contributed by atoms with Gasteiger partial charge in [-0.25, -0.2) is 0 Å². The average molecular weight is 391 g/mol. The molecule has 0 aliphatic heterocycles. The van der Waals surface area contributed by atoms with Crippen molar-refractivity contribution in [1.82, 2.24) is 14.8 Å². The normalized spacial score (nSPS) is 14.6. The lowest BCUT2D eigenvalue weighted by atomic mass is 10.2. The van der Waals surface area contributed by atoms with E-state index in [0.717, 1.165) is 36.9 Å². The van der Waals surface area contributed by atoms with Gasteiger partial charge in [-0.1, -0.05) is 23.4 Å². The Balaban J connectivity index is 1.63. The number of benzene rings is 1. The van der Waals surface area contributed by atoms with E-state index in [9.17, 15) is 18.0 Å². The zero-order valence-corrected chi connectivity index (χ0v) is 14.7. The largest absolute Gasteiger partial charge is 0.416 e.